The van der Waals surface area contributed by atoms with E-state index in [0.717, 1.165) is 103 Å². The smallest absolute Gasteiger partial charge is 0.328 e. The third-order valence-corrected chi connectivity index (χ3v) is 11.5. The van der Waals surface area contributed by atoms with Gasteiger partial charge in [0.2, 0.25) is 11.8 Å². The fraction of sp³-hybridized carbons (Fsp3) is 0.745. The summed E-state index contributed by atoms with van der Waals surface area (Å²) in [4.78, 5) is 47.8. The van der Waals surface area contributed by atoms with Crippen molar-refractivity contribution in [2.45, 2.75) is 251 Å². The summed E-state index contributed by atoms with van der Waals surface area (Å²) in [5, 5.41) is 22.6. The molecule has 2 amide bonds. The maximum Gasteiger partial charge on any atom is 0.328 e. The van der Waals surface area contributed by atoms with Crippen LogP contribution in [-0.2, 0) is 23.9 Å². The van der Waals surface area contributed by atoms with Gasteiger partial charge in [0.1, 0.15) is 12.1 Å². The monoisotopic (exact) mass is 897 g/mol. The number of carboxylic acid groups (broad SMARTS) is 1. The zero-order chi connectivity index (χ0) is 46.8. The Morgan fingerprint density at radius 3 is 1.38 bits per heavy atom. The van der Waals surface area contributed by atoms with E-state index in [0.29, 0.717) is 12.8 Å². The van der Waals surface area contributed by atoms with Gasteiger partial charge in [0, 0.05) is 12.8 Å². The molecule has 64 heavy (non-hydrogen) atoms. The molecule has 368 valence electrons. The number of nitrogens with one attached hydrogen (secondary N) is 2. The topological polar surface area (TPSA) is 142 Å². The van der Waals surface area contributed by atoms with Crippen LogP contribution in [0.5, 0.6) is 0 Å². The van der Waals surface area contributed by atoms with Gasteiger partial charge < -0.3 is 25.6 Å². The molecule has 0 aromatic carbocycles. The molecule has 0 aromatic rings. The quantitative estimate of drug-likeness (QED) is 0.0271. The molecule has 0 aliphatic rings. The largest absolute Gasteiger partial charge is 0.480 e. The number of allylic oxidation sites excluding steroid dienone is 10. The van der Waals surface area contributed by atoms with E-state index < -0.39 is 24.5 Å². The summed E-state index contributed by atoms with van der Waals surface area (Å²) in [6, 6.07) is -1.39. The number of hydrogen-bond donors (Lipinski definition) is 4. The Kier molecular flexibility index (Phi) is 46.3. The van der Waals surface area contributed by atoms with Crippen LogP contribution in [0.3, 0.4) is 0 Å². The maximum atomic E-state index is 12.9. The molecule has 2 unspecified atom stereocenters. The van der Waals surface area contributed by atoms with E-state index in [9.17, 15) is 19.2 Å². The number of hydrogen-bond acceptors (Lipinski definition) is 6. The zero-order valence-electron chi connectivity index (χ0n) is 41.0. The fourth-order valence-corrected chi connectivity index (χ4v) is 7.53. The van der Waals surface area contributed by atoms with E-state index >= 15 is 0 Å². The van der Waals surface area contributed by atoms with E-state index in [-0.39, 0.29) is 30.9 Å². The Bertz CT molecular complexity index is 1260. The predicted molar refractivity (Wildman–Crippen MR) is 268 cm³/mol. The lowest BCUT2D eigenvalue weighted by Crippen LogP contribution is -2.47. The van der Waals surface area contributed by atoms with Crippen LogP contribution in [0.15, 0.2) is 60.8 Å². The molecule has 0 aromatic heterocycles. The molecular formula is C55H96N2O7. The molecule has 0 bridgehead atoms. The van der Waals surface area contributed by atoms with Gasteiger partial charge >= 0.3 is 11.9 Å². The van der Waals surface area contributed by atoms with E-state index in [1.807, 2.05) is 0 Å². The Morgan fingerprint density at radius 1 is 0.484 bits per heavy atom. The number of carbonyl (C=O) groups is 4. The molecule has 0 saturated carbocycles. The van der Waals surface area contributed by atoms with Crippen LogP contribution < -0.4 is 10.6 Å². The minimum atomic E-state index is -1.39. The van der Waals surface area contributed by atoms with Crippen molar-refractivity contribution in [3.63, 3.8) is 0 Å². The number of ether oxygens (including phenoxy) is 1. The van der Waals surface area contributed by atoms with Crippen molar-refractivity contribution < 1.29 is 34.1 Å². The molecule has 0 heterocycles. The van der Waals surface area contributed by atoms with Crippen molar-refractivity contribution >= 4 is 23.8 Å². The number of unbranched alkanes of at least 4 members (excludes halogenated alkanes) is 23. The molecule has 2 atom stereocenters. The number of amides is 2. The predicted octanol–water partition coefficient (Wildman–Crippen LogP) is 14.1. The van der Waals surface area contributed by atoms with Crippen LogP contribution in [0.2, 0.25) is 0 Å². The molecule has 0 saturated heterocycles. The van der Waals surface area contributed by atoms with Crippen LogP contribution >= 0.6 is 0 Å². The lowest BCUT2D eigenvalue weighted by atomic mass is 10.0. The SMILES string of the molecule is CC/C=C\C/C=C\C/C=C\C/C=C\CCCCCCCCCCC(=O)OC(CCCCC/C=C\CCCCCCCCCC)CCCCCCCC(=O)NCC(=O)NC(CO)C(=O)O. The molecule has 0 spiro atoms. The molecule has 9 heteroatoms. The Balaban J connectivity index is 4.33. The third kappa shape index (κ3) is 45.1. The molecular weight excluding hydrogens is 801 g/mol. The number of esters is 1. The first-order valence-electron chi connectivity index (χ1n) is 26.2. The summed E-state index contributed by atoms with van der Waals surface area (Å²) in [7, 11) is 0. The average molecular weight is 897 g/mol. The number of aliphatic hydroxyl groups excluding tert-OH is 1. The molecule has 9 nitrogen and oxygen atoms in total. The molecule has 0 rings (SSSR count). The number of aliphatic hydroxyl groups is 1. The van der Waals surface area contributed by atoms with E-state index in [1.165, 1.54) is 103 Å². The third-order valence-electron chi connectivity index (χ3n) is 11.5. The molecule has 0 aliphatic heterocycles. The number of carbonyl (C=O) groups excluding carboxylic acids is 3. The van der Waals surface area contributed by atoms with Crippen LogP contribution in [0.25, 0.3) is 0 Å². The second-order valence-corrected chi connectivity index (χ2v) is 17.6. The van der Waals surface area contributed by atoms with Crippen molar-refractivity contribution in [1.82, 2.24) is 10.6 Å². The molecule has 0 aliphatic carbocycles. The first-order valence-corrected chi connectivity index (χ1v) is 26.2. The Morgan fingerprint density at radius 2 is 0.891 bits per heavy atom. The molecule has 0 radical (unpaired) electrons. The summed E-state index contributed by atoms with van der Waals surface area (Å²) in [6.07, 6.45) is 61.1. The maximum absolute atomic E-state index is 12.9. The van der Waals surface area contributed by atoms with E-state index in [1.54, 1.807) is 0 Å². The molecule has 4 N–H and O–H groups in total. The first kappa shape index (κ1) is 60.5. The van der Waals surface area contributed by atoms with Gasteiger partial charge in [-0.05, 0) is 103 Å². The Labute approximate surface area is 391 Å². The molecule has 0 fully saturated rings. The first-order chi connectivity index (χ1) is 31.3. The van der Waals surface area contributed by atoms with Crippen LogP contribution in [0.4, 0.5) is 0 Å². The van der Waals surface area contributed by atoms with Gasteiger partial charge in [0.05, 0.1) is 13.2 Å². The van der Waals surface area contributed by atoms with Gasteiger partial charge in [-0.15, -0.1) is 0 Å². The number of carboxylic acids is 1. The van der Waals surface area contributed by atoms with Gasteiger partial charge in [-0.1, -0.05) is 184 Å². The second-order valence-electron chi connectivity index (χ2n) is 17.6. The normalized spacial score (nSPS) is 12.9. The van der Waals surface area contributed by atoms with Crippen molar-refractivity contribution in [1.29, 1.82) is 0 Å². The highest BCUT2D eigenvalue weighted by molar-refractivity contribution is 5.87. The minimum Gasteiger partial charge on any atom is -0.480 e. The van der Waals surface area contributed by atoms with Crippen LogP contribution in [0.1, 0.15) is 239 Å². The highest BCUT2D eigenvalue weighted by Gasteiger charge is 2.19. The second kappa shape index (κ2) is 49.0. The van der Waals surface area contributed by atoms with E-state index in [4.69, 9.17) is 14.9 Å². The zero-order valence-corrected chi connectivity index (χ0v) is 41.0. The number of rotatable bonds is 47. The van der Waals surface area contributed by atoms with Gasteiger partial charge in [-0.3, -0.25) is 14.4 Å². The van der Waals surface area contributed by atoms with Crippen molar-refractivity contribution in [3.8, 4) is 0 Å². The average Bonchev–Trinajstić information content (AvgIpc) is 3.28. The van der Waals surface area contributed by atoms with Crippen molar-refractivity contribution in [2.75, 3.05) is 13.2 Å². The summed E-state index contributed by atoms with van der Waals surface area (Å²) >= 11 is 0. The summed E-state index contributed by atoms with van der Waals surface area (Å²) in [6.45, 7) is 3.38. The van der Waals surface area contributed by atoms with E-state index in [2.05, 4.69) is 85.2 Å². The Hall–Kier alpha value is -3.46. The lowest BCUT2D eigenvalue weighted by Gasteiger charge is -2.18. The highest BCUT2D eigenvalue weighted by Crippen LogP contribution is 2.19. The fourth-order valence-electron chi connectivity index (χ4n) is 7.53. The van der Waals surface area contributed by atoms with Gasteiger partial charge in [-0.2, -0.15) is 0 Å². The van der Waals surface area contributed by atoms with Crippen LogP contribution in [0, 0.1) is 0 Å². The standard InChI is InChI=1S/C55H96N2O7/c1-3-5-7-9-11-13-15-17-19-20-21-22-23-24-26-28-30-32-34-39-43-47-54(61)64-50(44-40-36-33-31-29-27-25-18-16-14-12-10-8-6-4-2)45-41-37-35-38-42-46-52(59)56-48-53(60)57-51(49-58)55(62)63/h5,7,11,13,17,19,21-22,27,29,50-51,58H,3-4,6,8-10,12,14-16,18,20,23-26,28,30-49H2,1-2H3,(H,56,59)(H,57,60)(H,62,63)/b7-5-,13-11-,19-17-,22-21-,29-27-. The summed E-state index contributed by atoms with van der Waals surface area (Å²) in [5.74, 6) is -2.31. The lowest BCUT2D eigenvalue weighted by molar-refractivity contribution is -0.150. The van der Waals surface area contributed by atoms with Gasteiger partial charge in [0.15, 0.2) is 0 Å². The van der Waals surface area contributed by atoms with Gasteiger partial charge in [0.25, 0.3) is 0 Å². The van der Waals surface area contributed by atoms with Gasteiger partial charge in [-0.25, -0.2) is 4.79 Å². The highest BCUT2D eigenvalue weighted by atomic mass is 16.5. The number of aliphatic carboxylic acids is 1. The summed E-state index contributed by atoms with van der Waals surface area (Å²) in [5.41, 5.74) is 0. The van der Waals surface area contributed by atoms with Crippen LogP contribution in [-0.4, -0.2) is 59.3 Å². The minimum absolute atomic E-state index is 0.0369. The summed E-state index contributed by atoms with van der Waals surface area (Å²) < 4.78 is 6.06. The van der Waals surface area contributed by atoms with Crippen molar-refractivity contribution in [2.24, 2.45) is 0 Å². The van der Waals surface area contributed by atoms with Crippen molar-refractivity contribution in [3.05, 3.63) is 60.8 Å².